The monoisotopic (exact) mass is 260 g/mol. The minimum Gasteiger partial charge on any atom is -0.349 e. The molecule has 0 aliphatic carbocycles. The molecule has 0 atom stereocenters. The van der Waals surface area contributed by atoms with Crippen molar-refractivity contribution in [3.63, 3.8) is 0 Å². The molecule has 0 bridgehead atoms. The van der Waals surface area contributed by atoms with Crippen molar-refractivity contribution in [2.45, 2.75) is 25.3 Å². The first-order valence-electron chi connectivity index (χ1n) is 6.53. The Morgan fingerprint density at radius 1 is 1.37 bits per heavy atom. The third-order valence-electron chi connectivity index (χ3n) is 3.51. The first-order valence-corrected chi connectivity index (χ1v) is 6.53. The number of hydrogen-bond acceptors (Lipinski definition) is 4. The average Bonchev–Trinajstić information content (AvgIpc) is 2.78. The molecular weight excluding hydrogens is 244 g/mol. The molecule has 2 aliphatic heterocycles. The number of nitrogens with zero attached hydrogens (tertiary/aromatic N) is 1. The Kier molecular flexibility index (Phi) is 3.16. The minimum atomic E-state index is -0.110. The number of rotatable bonds is 2. The molecule has 3 N–H and O–H groups in total. The van der Waals surface area contributed by atoms with Gasteiger partial charge in [0.15, 0.2) is 0 Å². The number of pyridine rings is 1. The molecule has 1 aromatic rings. The molecule has 0 saturated carbocycles. The van der Waals surface area contributed by atoms with Crippen LogP contribution in [0.3, 0.4) is 0 Å². The van der Waals surface area contributed by atoms with E-state index in [1.54, 1.807) is 6.07 Å². The van der Waals surface area contributed by atoms with Crippen LogP contribution in [0.2, 0.25) is 0 Å². The second-order valence-corrected chi connectivity index (χ2v) is 4.95. The number of fused-ring (bicyclic) bond motifs is 1. The second kappa shape index (κ2) is 4.97. The number of nitrogens with one attached hydrogen (secondary N) is 3. The van der Waals surface area contributed by atoms with Crippen LogP contribution in [-0.4, -0.2) is 35.9 Å². The van der Waals surface area contributed by atoms with Crippen LogP contribution in [-0.2, 0) is 11.2 Å². The van der Waals surface area contributed by atoms with Crippen molar-refractivity contribution in [2.75, 3.05) is 18.4 Å². The molecule has 1 fully saturated rings. The highest BCUT2D eigenvalue weighted by Gasteiger charge is 2.22. The van der Waals surface area contributed by atoms with Gasteiger partial charge in [-0.3, -0.25) is 9.59 Å². The molecule has 3 heterocycles. The molecular formula is C13H16N4O2. The third-order valence-corrected chi connectivity index (χ3v) is 3.51. The Balaban J connectivity index is 1.70. The molecule has 3 rings (SSSR count). The highest BCUT2D eigenvalue weighted by molar-refractivity contribution is 6.00. The van der Waals surface area contributed by atoms with E-state index in [0.29, 0.717) is 17.8 Å². The van der Waals surface area contributed by atoms with Gasteiger partial charge in [0.2, 0.25) is 5.91 Å². The second-order valence-electron chi connectivity index (χ2n) is 4.95. The maximum atomic E-state index is 12.1. The van der Waals surface area contributed by atoms with Gasteiger partial charge in [-0.05, 0) is 32.0 Å². The van der Waals surface area contributed by atoms with Crippen LogP contribution in [0.25, 0.3) is 0 Å². The predicted molar refractivity (Wildman–Crippen MR) is 69.9 cm³/mol. The van der Waals surface area contributed by atoms with Gasteiger partial charge in [-0.2, -0.15) is 0 Å². The molecule has 6 nitrogen and oxygen atoms in total. The van der Waals surface area contributed by atoms with E-state index in [-0.39, 0.29) is 17.9 Å². The lowest BCUT2D eigenvalue weighted by atomic mass is 10.1. The van der Waals surface area contributed by atoms with Crippen molar-refractivity contribution in [3.05, 3.63) is 23.4 Å². The number of aromatic nitrogens is 1. The van der Waals surface area contributed by atoms with E-state index in [2.05, 4.69) is 20.9 Å². The smallest absolute Gasteiger partial charge is 0.253 e. The molecule has 100 valence electrons. The van der Waals surface area contributed by atoms with Crippen molar-refractivity contribution >= 4 is 17.6 Å². The van der Waals surface area contributed by atoms with Crippen LogP contribution in [0.4, 0.5) is 5.82 Å². The Hall–Kier alpha value is -1.95. The van der Waals surface area contributed by atoms with Crippen molar-refractivity contribution < 1.29 is 9.59 Å². The van der Waals surface area contributed by atoms with E-state index in [1.165, 1.54) is 6.20 Å². The van der Waals surface area contributed by atoms with Gasteiger partial charge in [0.1, 0.15) is 5.82 Å². The highest BCUT2D eigenvalue weighted by Crippen LogP contribution is 2.20. The zero-order valence-corrected chi connectivity index (χ0v) is 10.5. The first-order chi connectivity index (χ1) is 9.22. The maximum absolute atomic E-state index is 12.1. The topological polar surface area (TPSA) is 83.1 Å². The molecule has 0 aromatic carbocycles. The van der Waals surface area contributed by atoms with E-state index >= 15 is 0 Å². The highest BCUT2D eigenvalue weighted by atomic mass is 16.2. The molecule has 0 unspecified atom stereocenters. The number of hydrogen-bond donors (Lipinski definition) is 3. The number of carbonyl (C=O) groups excluding carboxylic acids is 2. The normalized spacial score (nSPS) is 18.8. The lowest BCUT2D eigenvalue weighted by Crippen LogP contribution is -2.42. The lowest BCUT2D eigenvalue weighted by Gasteiger charge is -2.23. The zero-order chi connectivity index (χ0) is 13.2. The van der Waals surface area contributed by atoms with E-state index in [4.69, 9.17) is 0 Å². The number of piperidine rings is 1. The SMILES string of the molecule is O=C1Cc2cc(C(=O)NC3CCNCC3)cnc2N1. The van der Waals surface area contributed by atoms with Gasteiger partial charge >= 0.3 is 0 Å². The van der Waals surface area contributed by atoms with Gasteiger partial charge in [-0.15, -0.1) is 0 Å². The summed E-state index contributed by atoms with van der Waals surface area (Å²) in [5.74, 6) is 0.392. The van der Waals surface area contributed by atoms with E-state index in [0.717, 1.165) is 31.5 Å². The van der Waals surface area contributed by atoms with Crippen molar-refractivity contribution in [1.82, 2.24) is 15.6 Å². The van der Waals surface area contributed by atoms with Gasteiger partial charge in [0.25, 0.3) is 5.91 Å². The molecule has 6 heteroatoms. The van der Waals surface area contributed by atoms with Gasteiger partial charge in [-0.25, -0.2) is 4.98 Å². The van der Waals surface area contributed by atoms with Crippen LogP contribution < -0.4 is 16.0 Å². The Bertz CT molecular complexity index is 523. The summed E-state index contributed by atoms with van der Waals surface area (Å²) in [4.78, 5) is 27.5. The molecule has 2 aliphatic rings. The maximum Gasteiger partial charge on any atom is 0.253 e. The number of amides is 2. The minimum absolute atomic E-state index is 0.0709. The zero-order valence-electron chi connectivity index (χ0n) is 10.5. The van der Waals surface area contributed by atoms with Gasteiger partial charge in [-0.1, -0.05) is 0 Å². The predicted octanol–water partition coefficient (Wildman–Crippen LogP) is 0.0580. The van der Waals surface area contributed by atoms with E-state index < -0.39 is 0 Å². The molecule has 1 aromatic heterocycles. The number of anilines is 1. The number of carbonyl (C=O) groups is 2. The van der Waals surface area contributed by atoms with Crippen LogP contribution in [0, 0.1) is 0 Å². The van der Waals surface area contributed by atoms with E-state index in [1.807, 2.05) is 0 Å². The van der Waals surface area contributed by atoms with Crippen LogP contribution >= 0.6 is 0 Å². The summed E-state index contributed by atoms with van der Waals surface area (Å²) in [5, 5.41) is 8.93. The summed E-state index contributed by atoms with van der Waals surface area (Å²) in [6, 6.07) is 1.97. The van der Waals surface area contributed by atoms with E-state index in [9.17, 15) is 9.59 Å². The molecule has 0 spiro atoms. The fourth-order valence-electron chi connectivity index (χ4n) is 2.47. The Labute approximate surface area is 111 Å². The van der Waals surface area contributed by atoms with Crippen LogP contribution in [0.5, 0.6) is 0 Å². The fraction of sp³-hybridized carbons (Fsp3) is 0.462. The summed E-state index contributed by atoms with van der Waals surface area (Å²) < 4.78 is 0. The van der Waals surface area contributed by atoms with Crippen molar-refractivity contribution in [3.8, 4) is 0 Å². The third kappa shape index (κ3) is 2.58. The van der Waals surface area contributed by atoms with Gasteiger partial charge in [0.05, 0.1) is 12.0 Å². The van der Waals surface area contributed by atoms with Gasteiger partial charge < -0.3 is 16.0 Å². The van der Waals surface area contributed by atoms with Crippen molar-refractivity contribution in [1.29, 1.82) is 0 Å². The summed E-state index contributed by atoms with van der Waals surface area (Å²) in [7, 11) is 0. The average molecular weight is 260 g/mol. The summed E-state index contributed by atoms with van der Waals surface area (Å²) in [6.07, 6.45) is 3.71. The largest absolute Gasteiger partial charge is 0.349 e. The quantitative estimate of drug-likeness (QED) is 0.702. The molecule has 2 amide bonds. The Morgan fingerprint density at radius 3 is 2.95 bits per heavy atom. The van der Waals surface area contributed by atoms with Gasteiger partial charge in [0, 0.05) is 17.8 Å². The van der Waals surface area contributed by atoms with Crippen LogP contribution in [0.1, 0.15) is 28.8 Å². The van der Waals surface area contributed by atoms with Crippen molar-refractivity contribution in [2.24, 2.45) is 0 Å². The van der Waals surface area contributed by atoms with Crippen LogP contribution in [0.15, 0.2) is 12.3 Å². The Morgan fingerprint density at radius 2 is 2.16 bits per heavy atom. The summed E-state index contributed by atoms with van der Waals surface area (Å²) in [6.45, 7) is 1.87. The molecule has 1 saturated heterocycles. The molecule has 0 radical (unpaired) electrons. The molecule has 19 heavy (non-hydrogen) atoms. The summed E-state index contributed by atoms with van der Waals surface area (Å²) in [5.41, 5.74) is 1.32. The first kappa shape index (κ1) is 12.1. The fourth-order valence-corrected chi connectivity index (χ4v) is 2.47. The lowest BCUT2D eigenvalue weighted by molar-refractivity contribution is -0.115. The summed E-state index contributed by atoms with van der Waals surface area (Å²) >= 11 is 0. The standard InChI is InChI=1S/C13H16N4O2/c18-11-6-8-5-9(7-15-12(8)17-11)13(19)16-10-1-3-14-4-2-10/h5,7,10,14H,1-4,6H2,(H,16,19)(H,15,17,18).